The largest absolute Gasteiger partial charge is 0.0876 e. The zero-order valence-corrected chi connectivity index (χ0v) is 22.0. The van der Waals surface area contributed by atoms with Gasteiger partial charge in [0.25, 0.3) is 0 Å². The Kier molecular flexibility index (Phi) is 5.56. The second kappa shape index (κ2) is 7.64. The van der Waals surface area contributed by atoms with E-state index in [2.05, 4.69) is 108 Å². The first-order chi connectivity index (χ1) is 14.3. The van der Waals surface area contributed by atoms with Crippen LogP contribution in [0.25, 0.3) is 22.3 Å². The van der Waals surface area contributed by atoms with E-state index in [1.807, 2.05) is 13.8 Å². The summed E-state index contributed by atoms with van der Waals surface area (Å²) in [5.74, 6) is 0. The Hall–Kier alpha value is -1.38. The van der Waals surface area contributed by atoms with Crippen LogP contribution >= 0.6 is 31.9 Å². The predicted molar refractivity (Wildman–Crippen MR) is 138 cm³/mol. The molecule has 30 heavy (non-hydrogen) atoms. The van der Waals surface area contributed by atoms with Gasteiger partial charge in [-0.1, -0.05) is 110 Å². The van der Waals surface area contributed by atoms with Crippen LogP contribution in [0.3, 0.4) is 0 Å². The maximum atomic E-state index is 3.62. The lowest BCUT2D eigenvalue weighted by molar-refractivity contribution is 0.651. The van der Waals surface area contributed by atoms with Gasteiger partial charge in [0.05, 0.1) is 0 Å². The van der Waals surface area contributed by atoms with E-state index in [1.54, 1.807) is 0 Å². The molecule has 0 amide bonds. The maximum Gasteiger partial charge on any atom is 0.0283 e. The van der Waals surface area contributed by atoms with E-state index in [0.29, 0.717) is 0 Å². The molecule has 0 spiro atoms. The van der Waals surface area contributed by atoms with Crippen LogP contribution in [0.5, 0.6) is 0 Å². The van der Waals surface area contributed by atoms with E-state index in [0.717, 1.165) is 10.7 Å². The van der Waals surface area contributed by atoms with Crippen LogP contribution in [0.2, 0.25) is 0 Å². The van der Waals surface area contributed by atoms with Crippen molar-refractivity contribution in [3.8, 4) is 22.3 Å². The number of benzene rings is 3. The molecule has 2 aliphatic rings. The fraction of sp³-hybridized carbons (Fsp3) is 0.357. The molecule has 0 radical (unpaired) electrons. The summed E-state index contributed by atoms with van der Waals surface area (Å²) >= 11 is 7.25. The van der Waals surface area contributed by atoms with Crippen LogP contribution in [0.4, 0.5) is 0 Å². The van der Waals surface area contributed by atoms with E-state index in [1.165, 1.54) is 55.6 Å². The molecule has 0 unspecified atom stereocenters. The summed E-state index contributed by atoms with van der Waals surface area (Å²) in [6.45, 7) is 13.5. The van der Waals surface area contributed by atoms with E-state index in [9.17, 15) is 0 Å². The molecular weight excluding hydrogens is 496 g/mol. The summed E-state index contributed by atoms with van der Waals surface area (Å²) in [7, 11) is 0. The van der Waals surface area contributed by atoms with Crippen molar-refractivity contribution < 1.29 is 0 Å². The average Bonchev–Trinajstić information content (AvgIpc) is 3.13. The van der Waals surface area contributed by atoms with Crippen molar-refractivity contribution in [2.45, 2.75) is 63.0 Å². The molecule has 2 aliphatic carbocycles. The summed E-state index contributed by atoms with van der Waals surface area (Å²) in [5.41, 5.74) is 14.2. The standard InChI is InChI=1S/C26H24Br2.C2H6/c1-25(2)21-9-15(13-27)5-7-17(21)19-12-24-20(11-23(19)25)18-8-6-16(14-28)10-22(18)26(24,3)4;1-2/h5-12H,13-14H2,1-4H3;1-2H3. The monoisotopic (exact) mass is 524 g/mol. The molecule has 0 atom stereocenters. The molecule has 0 saturated heterocycles. The van der Waals surface area contributed by atoms with Gasteiger partial charge in [-0.3, -0.25) is 0 Å². The Morgan fingerprint density at radius 3 is 1.20 bits per heavy atom. The van der Waals surface area contributed by atoms with Gasteiger partial charge in [-0.05, 0) is 67.8 Å². The van der Waals surface area contributed by atoms with Crippen molar-refractivity contribution in [2.24, 2.45) is 0 Å². The first-order valence-corrected chi connectivity index (χ1v) is 13.1. The molecule has 0 bridgehead atoms. The Morgan fingerprint density at radius 1 is 0.533 bits per heavy atom. The first kappa shape index (κ1) is 21.8. The minimum Gasteiger partial charge on any atom is -0.0876 e. The molecule has 0 fully saturated rings. The first-order valence-electron chi connectivity index (χ1n) is 10.9. The molecular formula is C28H30Br2. The average molecular weight is 526 g/mol. The molecule has 0 N–H and O–H groups in total. The smallest absolute Gasteiger partial charge is 0.0283 e. The van der Waals surface area contributed by atoms with Crippen molar-refractivity contribution in [2.75, 3.05) is 0 Å². The molecule has 0 aromatic heterocycles. The summed E-state index contributed by atoms with van der Waals surface area (Å²) in [4.78, 5) is 0. The topological polar surface area (TPSA) is 0 Å². The number of fused-ring (bicyclic) bond motifs is 6. The van der Waals surface area contributed by atoms with Crippen molar-refractivity contribution in [1.29, 1.82) is 0 Å². The summed E-state index contributed by atoms with van der Waals surface area (Å²) < 4.78 is 0. The van der Waals surface area contributed by atoms with E-state index in [4.69, 9.17) is 0 Å². The van der Waals surface area contributed by atoms with Crippen molar-refractivity contribution in [3.63, 3.8) is 0 Å². The summed E-state index contributed by atoms with van der Waals surface area (Å²) in [6.07, 6.45) is 0. The van der Waals surface area contributed by atoms with Gasteiger partial charge < -0.3 is 0 Å². The number of hydrogen-bond donors (Lipinski definition) is 0. The quantitative estimate of drug-likeness (QED) is 0.292. The normalized spacial score (nSPS) is 16.1. The summed E-state index contributed by atoms with van der Waals surface area (Å²) in [6, 6.07) is 18.9. The van der Waals surface area contributed by atoms with Crippen LogP contribution < -0.4 is 0 Å². The molecule has 3 aromatic rings. The highest BCUT2D eigenvalue weighted by Crippen LogP contribution is 2.56. The van der Waals surface area contributed by atoms with Gasteiger partial charge in [0.15, 0.2) is 0 Å². The van der Waals surface area contributed by atoms with Gasteiger partial charge in [-0.15, -0.1) is 0 Å². The van der Waals surface area contributed by atoms with Gasteiger partial charge in [-0.25, -0.2) is 0 Å². The molecule has 0 heterocycles. The van der Waals surface area contributed by atoms with Gasteiger partial charge in [0.2, 0.25) is 0 Å². The lowest BCUT2D eigenvalue weighted by Gasteiger charge is -2.24. The molecule has 3 aromatic carbocycles. The van der Waals surface area contributed by atoms with Crippen LogP contribution in [-0.4, -0.2) is 0 Å². The lowest BCUT2D eigenvalue weighted by Crippen LogP contribution is -2.17. The van der Waals surface area contributed by atoms with Crippen LogP contribution in [0, 0.1) is 0 Å². The highest BCUT2D eigenvalue weighted by Gasteiger charge is 2.41. The molecule has 0 nitrogen and oxygen atoms in total. The van der Waals surface area contributed by atoms with Gasteiger partial charge in [0, 0.05) is 21.5 Å². The Bertz CT molecular complexity index is 1040. The molecule has 156 valence electrons. The summed E-state index contributed by atoms with van der Waals surface area (Å²) in [5, 5.41) is 1.80. The van der Waals surface area contributed by atoms with Crippen molar-refractivity contribution in [3.05, 3.63) is 81.9 Å². The third-order valence-corrected chi connectivity index (χ3v) is 8.20. The molecule has 5 rings (SSSR count). The van der Waals surface area contributed by atoms with E-state index in [-0.39, 0.29) is 10.8 Å². The number of rotatable bonds is 2. The maximum absolute atomic E-state index is 3.62. The Labute approximate surface area is 198 Å². The lowest BCUT2D eigenvalue weighted by atomic mass is 9.79. The van der Waals surface area contributed by atoms with Gasteiger partial charge in [0.1, 0.15) is 0 Å². The molecule has 0 aliphatic heterocycles. The Morgan fingerprint density at radius 2 is 0.867 bits per heavy atom. The van der Waals surface area contributed by atoms with Crippen molar-refractivity contribution >= 4 is 31.9 Å². The van der Waals surface area contributed by atoms with Crippen LogP contribution in [0.15, 0.2) is 48.5 Å². The zero-order chi connectivity index (χ0) is 21.8. The third-order valence-electron chi connectivity index (χ3n) is 6.91. The highest BCUT2D eigenvalue weighted by molar-refractivity contribution is 9.08. The molecule has 2 heteroatoms. The van der Waals surface area contributed by atoms with E-state index >= 15 is 0 Å². The van der Waals surface area contributed by atoms with Crippen molar-refractivity contribution in [1.82, 2.24) is 0 Å². The number of hydrogen-bond acceptors (Lipinski definition) is 0. The SMILES string of the molecule is CC.CC1(C)c2cc(CBr)ccc2-c2cc3c(cc21)-c1ccc(CBr)cc1C3(C)C. The fourth-order valence-electron chi connectivity index (χ4n) is 5.22. The minimum atomic E-state index is 0.0283. The zero-order valence-electron chi connectivity index (χ0n) is 18.8. The van der Waals surface area contributed by atoms with Crippen LogP contribution in [0.1, 0.15) is 74.9 Å². The second-order valence-electron chi connectivity index (χ2n) is 9.22. The van der Waals surface area contributed by atoms with E-state index < -0.39 is 0 Å². The predicted octanol–water partition coefficient (Wildman–Crippen LogP) is 9.12. The number of halogens is 2. The minimum absolute atomic E-state index is 0.0283. The highest BCUT2D eigenvalue weighted by atomic mass is 79.9. The van der Waals surface area contributed by atoms with Gasteiger partial charge in [-0.2, -0.15) is 0 Å². The third kappa shape index (κ3) is 2.98. The second-order valence-corrected chi connectivity index (χ2v) is 10.3. The number of alkyl halides is 2. The fourth-order valence-corrected chi connectivity index (χ4v) is 5.92. The van der Waals surface area contributed by atoms with Gasteiger partial charge >= 0.3 is 0 Å². The Balaban J connectivity index is 0.00000106. The van der Waals surface area contributed by atoms with Crippen LogP contribution in [-0.2, 0) is 21.5 Å². The molecule has 0 saturated carbocycles.